The van der Waals surface area contributed by atoms with E-state index in [4.69, 9.17) is 11.6 Å². The molecule has 1 fully saturated rings. The third kappa shape index (κ3) is 2.84. The Balaban J connectivity index is 2.21. The summed E-state index contributed by atoms with van der Waals surface area (Å²) in [6.07, 6.45) is 0. The Morgan fingerprint density at radius 3 is 2.39 bits per heavy atom. The van der Waals surface area contributed by atoms with Crippen LogP contribution in [0.3, 0.4) is 0 Å². The molecule has 0 aromatic heterocycles. The molecule has 100 valence electrons. The lowest BCUT2D eigenvalue weighted by Gasteiger charge is -2.43. The van der Waals surface area contributed by atoms with Crippen molar-refractivity contribution < 1.29 is 0 Å². The zero-order valence-corrected chi connectivity index (χ0v) is 13.5. The van der Waals surface area contributed by atoms with Crippen LogP contribution in [0.15, 0.2) is 18.2 Å². The SMILES string of the molecule is CC1CN(c2ccc(CBr)cc2Cl)CC(C)N1C. The number of piperazine rings is 1. The second kappa shape index (κ2) is 5.81. The minimum Gasteiger partial charge on any atom is -0.367 e. The van der Waals surface area contributed by atoms with Crippen molar-refractivity contribution in [2.75, 3.05) is 25.0 Å². The maximum absolute atomic E-state index is 6.40. The molecule has 0 saturated carbocycles. The Kier molecular flexibility index (Phi) is 4.57. The fourth-order valence-corrected chi connectivity index (χ4v) is 3.16. The van der Waals surface area contributed by atoms with Gasteiger partial charge in [0.15, 0.2) is 0 Å². The van der Waals surface area contributed by atoms with E-state index in [1.165, 1.54) is 5.56 Å². The highest BCUT2D eigenvalue weighted by atomic mass is 79.9. The molecule has 18 heavy (non-hydrogen) atoms. The summed E-state index contributed by atoms with van der Waals surface area (Å²) in [6, 6.07) is 7.45. The first-order valence-electron chi connectivity index (χ1n) is 6.34. The molecule has 0 bridgehead atoms. The summed E-state index contributed by atoms with van der Waals surface area (Å²) < 4.78 is 0. The number of hydrogen-bond acceptors (Lipinski definition) is 2. The number of benzene rings is 1. The third-order valence-electron chi connectivity index (χ3n) is 3.87. The van der Waals surface area contributed by atoms with E-state index in [0.717, 1.165) is 29.1 Å². The van der Waals surface area contributed by atoms with Crippen LogP contribution >= 0.6 is 27.5 Å². The molecule has 4 heteroatoms. The molecule has 2 atom stereocenters. The molecule has 0 spiro atoms. The molecule has 2 rings (SSSR count). The van der Waals surface area contributed by atoms with Crippen LogP contribution in [-0.4, -0.2) is 37.1 Å². The van der Waals surface area contributed by atoms with E-state index in [1.807, 2.05) is 0 Å². The van der Waals surface area contributed by atoms with Gasteiger partial charge in [0.2, 0.25) is 0 Å². The maximum Gasteiger partial charge on any atom is 0.0642 e. The lowest BCUT2D eigenvalue weighted by Crippen LogP contribution is -2.55. The number of rotatable bonds is 2. The van der Waals surface area contributed by atoms with Gasteiger partial charge in [0, 0.05) is 30.5 Å². The van der Waals surface area contributed by atoms with E-state index in [-0.39, 0.29) is 0 Å². The molecule has 0 radical (unpaired) electrons. The second-order valence-electron chi connectivity index (χ2n) is 5.19. The van der Waals surface area contributed by atoms with Crippen molar-refractivity contribution in [1.82, 2.24) is 4.90 Å². The van der Waals surface area contributed by atoms with Gasteiger partial charge in [0.05, 0.1) is 10.7 Å². The molecule has 0 amide bonds. The minimum atomic E-state index is 0.556. The first-order valence-corrected chi connectivity index (χ1v) is 7.84. The van der Waals surface area contributed by atoms with Gasteiger partial charge in [0.1, 0.15) is 0 Å². The van der Waals surface area contributed by atoms with Crippen LogP contribution in [0.25, 0.3) is 0 Å². The topological polar surface area (TPSA) is 6.48 Å². The Labute approximate surface area is 123 Å². The first-order chi connectivity index (χ1) is 8.52. The number of alkyl halides is 1. The molecule has 1 aromatic rings. The quantitative estimate of drug-likeness (QED) is 0.761. The van der Waals surface area contributed by atoms with Gasteiger partial charge in [0.25, 0.3) is 0 Å². The van der Waals surface area contributed by atoms with Crippen LogP contribution in [0, 0.1) is 0 Å². The molecule has 1 aliphatic rings. The van der Waals surface area contributed by atoms with Crippen molar-refractivity contribution in [3.8, 4) is 0 Å². The number of anilines is 1. The van der Waals surface area contributed by atoms with Crippen molar-refractivity contribution in [2.45, 2.75) is 31.3 Å². The fourth-order valence-electron chi connectivity index (χ4n) is 2.49. The van der Waals surface area contributed by atoms with Gasteiger partial charge in [-0.2, -0.15) is 0 Å². The van der Waals surface area contributed by atoms with Crippen LogP contribution < -0.4 is 4.90 Å². The normalized spacial score (nSPS) is 25.5. The maximum atomic E-state index is 6.40. The van der Waals surface area contributed by atoms with Crippen LogP contribution in [0.5, 0.6) is 0 Å². The summed E-state index contributed by atoms with van der Waals surface area (Å²) in [5, 5.41) is 1.71. The number of nitrogens with zero attached hydrogens (tertiary/aromatic N) is 2. The van der Waals surface area contributed by atoms with Crippen molar-refractivity contribution in [3.05, 3.63) is 28.8 Å². The summed E-state index contributed by atoms with van der Waals surface area (Å²) in [5.74, 6) is 0. The Hall–Kier alpha value is -0.250. The predicted octanol–water partition coefficient (Wildman–Crippen LogP) is 3.76. The molecule has 0 aliphatic carbocycles. The van der Waals surface area contributed by atoms with Crippen molar-refractivity contribution in [2.24, 2.45) is 0 Å². The fraction of sp³-hybridized carbons (Fsp3) is 0.571. The average molecular weight is 332 g/mol. The Bertz CT molecular complexity index is 412. The van der Waals surface area contributed by atoms with E-state index in [0.29, 0.717) is 12.1 Å². The molecule has 2 unspecified atom stereocenters. The minimum absolute atomic E-state index is 0.556. The summed E-state index contributed by atoms with van der Waals surface area (Å²) >= 11 is 9.86. The van der Waals surface area contributed by atoms with Gasteiger partial charge in [-0.15, -0.1) is 0 Å². The van der Waals surface area contributed by atoms with Crippen molar-refractivity contribution in [1.29, 1.82) is 0 Å². The van der Waals surface area contributed by atoms with Gasteiger partial charge in [-0.3, -0.25) is 4.90 Å². The van der Waals surface area contributed by atoms with E-state index in [2.05, 4.69) is 64.8 Å². The van der Waals surface area contributed by atoms with Crippen LogP contribution in [0.4, 0.5) is 5.69 Å². The van der Waals surface area contributed by atoms with E-state index in [1.54, 1.807) is 0 Å². The summed E-state index contributed by atoms with van der Waals surface area (Å²) in [4.78, 5) is 4.83. The second-order valence-corrected chi connectivity index (χ2v) is 6.16. The highest BCUT2D eigenvalue weighted by molar-refractivity contribution is 9.08. The van der Waals surface area contributed by atoms with Crippen molar-refractivity contribution in [3.63, 3.8) is 0 Å². The average Bonchev–Trinajstić information content (AvgIpc) is 2.35. The molecular formula is C14H20BrClN2. The van der Waals surface area contributed by atoms with Crippen LogP contribution in [0.2, 0.25) is 5.02 Å². The lowest BCUT2D eigenvalue weighted by molar-refractivity contribution is 0.170. The van der Waals surface area contributed by atoms with E-state index in [9.17, 15) is 0 Å². The zero-order valence-electron chi connectivity index (χ0n) is 11.2. The number of likely N-dealkylation sites (N-methyl/N-ethyl adjacent to an activating group) is 1. The standard InChI is InChI=1S/C14H20BrClN2/c1-10-8-18(9-11(2)17(10)3)14-5-4-12(7-15)6-13(14)16/h4-6,10-11H,7-9H2,1-3H3. The van der Waals surface area contributed by atoms with Crippen LogP contribution in [-0.2, 0) is 5.33 Å². The molecular weight excluding hydrogens is 312 g/mol. The van der Waals surface area contributed by atoms with Crippen LogP contribution in [0.1, 0.15) is 19.4 Å². The van der Waals surface area contributed by atoms with E-state index < -0.39 is 0 Å². The largest absolute Gasteiger partial charge is 0.367 e. The molecule has 1 heterocycles. The van der Waals surface area contributed by atoms with Crippen molar-refractivity contribution >= 4 is 33.2 Å². The highest BCUT2D eigenvalue weighted by Gasteiger charge is 2.27. The zero-order chi connectivity index (χ0) is 13.3. The molecule has 0 N–H and O–H groups in total. The number of hydrogen-bond donors (Lipinski definition) is 0. The summed E-state index contributed by atoms with van der Waals surface area (Å²) in [7, 11) is 2.20. The molecule has 1 aliphatic heterocycles. The van der Waals surface area contributed by atoms with Gasteiger partial charge >= 0.3 is 0 Å². The lowest BCUT2D eigenvalue weighted by atomic mass is 10.1. The Morgan fingerprint density at radius 2 is 1.89 bits per heavy atom. The highest BCUT2D eigenvalue weighted by Crippen LogP contribution is 2.30. The monoisotopic (exact) mass is 330 g/mol. The molecule has 1 saturated heterocycles. The Morgan fingerprint density at radius 1 is 1.28 bits per heavy atom. The number of halogens is 2. The van der Waals surface area contributed by atoms with Gasteiger partial charge in [-0.05, 0) is 38.6 Å². The smallest absolute Gasteiger partial charge is 0.0642 e. The predicted molar refractivity (Wildman–Crippen MR) is 83.0 cm³/mol. The molecule has 1 aromatic carbocycles. The van der Waals surface area contributed by atoms with Gasteiger partial charge in [-0.25, -0.2) is 0 Å². The first kappa shape index (κ1) is 14.2. The van der Waals surface area contributed by atoms with Gasteiger partial charge < -0.3 is 4.90 Å². The van der Waals surface area contributed by atoms with E-state index >= 15 is 0 Å². The summed E-state index contributed by atoms with van der Waals surface area (Å²) in [6.45, 7) is 6.61. The van der Waals surface area contributed by atoms with Gasteiger partial charge in [-0.1, -0.05) is 33.6 Å². The summed E-state index contributed by atoms with van der Waals surface area (Å²) in [5.41, 5.74) is 2.38. The third-order valence-corrected chi connectivity index (χ3v) is 4.82. The molecule has 2 nitrogen and oxygen atoms in total.